The van der Waals surface area contributed by atoms with Crippen molar-refractivity contribution in [3.63, 3.8) is 0 Å². The van der Waals surface area contributed by atoms with Crippen molar-refractivity contribution in [2.45, 2.75) is 12.1 Å². The quantitative estimate of drug-likeness (QED) is 0.759. The maximum absolute atomic E-state index is 12.7. The molecule has 1 heterocycles. The van der Waals surface area contributed by atoms with Crippen LogP contribution < -0.4 is 9.46 Å². The summed E-state index contributed by atoms with van der Waals surface area (Å²) in [6.45, 7) is 1.75. The average molecular weight is 318 g/mol. The topological polar surface area (TPSA) is 78.9 Å². The monoisotopic (exact) mass is 318 g/mol. The van der Waals surface area contributed by atoms with E-state index in [2.05, 4.69) is 4.72 Å². The Hall–Kier alpha value is -1.22. The van der Waals surface area contributed by atoms with Crippen LogP contribution in [0.3, 0.4) is 0 Å². The number of hydrogen-bond acceptors (Lipinski definition) is 5. The number of nitrogens with zero attached hydrogens (tertiary/aromatic N) is 1. The van der Waals surface area contributed by atoms with Crippen molar-refractivity contribution in [1.29, 1.82) is 0 Å². The first-order valence-electron chi connectivity index (χ1n) is 6.59. The highest BCUT2D eigenvalue weighted by molar-refractivity contribution is 7.88. The van der Waals surface area contributed by atoms with Gasteiger partial charge in [0.15, 0.2) is 0 Å². The molecule has 2 atom stereocenters. The number of rotatable bonds is 6. The summed E-state index contributed by atoms with van der Waals surface area (Å²) in [5.41, 5.74) is 0. The van der Waals surface area contributed by atoms with Crippen molar-refractivity contribution in [3.05, 3.63) is 30.1 Å². The summed E-state index contributed by atoms with van der Waals surface area (Å²) < 4.78 is 42.9. The van der Waals surface area contributed by atoms with E-state index in [9.17, 15) is 17.9 Å². The Kier molecular flexibility index (Phi) is 5.15. The lowest BCUT2D eigenvalue weighted by Crippen LogP contribution is -2.42. The van der Waals surface area contributed by atoms with E-state index in [-0.39, 0.29) is 5.82 Å². The van der Waals surface area contributed by atoms with Gasteiger partial charge in [-0.05, 0) is 24.3 Å². The number of halogens is 1. The Morgan fingerprint density at radius 3 is 2.67 bits per heavy atom. The smallest absolute Gasteiger partial charge is 0.209 e. The second-order valence-electron chi connectivity index (χ2n) is 5.13. The maximum atomic E-state index is 12.7. The molecule has 1 saturated heterocycles. The van der Waals surface area contributed by atoms with E-state index in [1.807, 2.05) is 4.90 Å². The number of aliphatic hydroxyl groups excluding tert-OH is 1. The standard InChI is InChI=1S/C13H19FN2O4S/c1-21(18,19)15-12-8-16(9-13(12)17)6-7-20-11-4-2-10(14)3-5-11/h2-5,12-13,15,17H,6-9H2,1H3/t12-,13-/m1/s1. The van der Waals surface area contributed by atoms with Crippen LogP contribution in [0, 0.1) is 5.82 Å². The van der Waals surface area contributed by atoms with Crippen molar-refractivity contribution in [3.8, 4) is 5.75 Å². The second kappa shape index (κ2) is 6.69. The van der Waals surface area contributed by atoms with Crippen molar-refractivity contribution in [1.82, 2.24) is 9.62 Å². The Bertz CT molecular complexity index is 564. The Morgan fingerprint density at radius 2 is 2.05 bits per heavy atom. The number of β-amino-alcohol motifs (C(OH)–C–C–N with tert-alkyl or cyclic N) is 1. The molecule has 2 rings (SSSR count). The summed E-state index contributed by atoms with van der Waals surface area (Å²) in [6, 6.07) is 5.23. The van der Waals surface area contributed by atoms with Crippen LogP contribution in [-0.2, 0) is 10.0 Å². The maximum Gasteiger partial charge on any atom is 0.209 e. The van der Waals surface area contributed by atoms with Crippen LogP contribution in [-0.4, -0.2) is 63.1 Å². The highest BCUT2D eigenvalue weighted by Crippen LogP contribution is 2.13. The number of benzene rings is 1. The van der Waals surface area contributed by atoms with Crippen LogP contribution in [0.4, 0.5) is 4.39 Å². The minimum atomic E-state index is -3.33. The van der Waals surface area contributed by atoms with E-state index in [1.165, 1.54) is 12.1 Å². The summed E-state index contributed by atoms with van der Waals surface area (Å²) >= 11 is 0. The van der Waals surface area contributed by atoms with Gasteiger partial charge in [0.25, 0.3) is 0 Å². The Labute approximate surface area is 123 Å². The van der Waals surface area contributed by atoms with Crippen LogP contribution in [0.1, 0.15) is 0 Å². The zero-order chi connectivity index (χ0) is 15.5. The van der Waals surface area contributed by atoms with Gasteiger partial charge in [-0.25, -0.2) is 17.5 Å². The molecule has 0 unspecified atom stereocenters. The summed E-state index contributed by atoms with van der Waals surface area (Å²) in [4.78, 5) is 1.91. The van der Waals surface area contributed by atoms with Crippen LogP contribution in [0.5, 0.6) is 5.75 Å². The van der Waals surface area contributed by atoms with Gasteiger partial charge < -0.3 is 9.84 Å². The number of nitrogens with one attached hydrogen (secondary N) is 1. The SMILES string of the molecule is CS(=O)(=O)N[C@@H]1CN(CCOc2ccc(F)cc2)C[C@H]1O. The fraction of sp³-hybridized carbons (Fsp3) is 0.538. The largest absolute Gasteiger partial charge is 0.492 e. The fourth-order valence-corrected chi connectivity index (χ4v) is 3.04. The van der Waals surface area contributed by atoms with Gasteiger partial charge in [-0.1, -0.05) is 0 Å². The van der Waals surface area contributed by atoms with Crippen LogP contribution in [0.25, 0.3) is 0 Å². The normalized spacial score (nSPS) is 23.4. The molecule has 21 heavy (non-hydrogen) atoms. The van der Waals surface area contributed by atoms with Gasteiger partial charge in [0.1, 0.15) is 18.2 Å². The van der Waals surface area contributed by atoms with E-state index in [0.717, 1.165) is 6.26 Å². The van der Waals surface area contributed by atoms with Crippen LogP contribution >= 0.6 is 0 Å². The molecule has 0 amide bonds. The van der Waals surface area contributed by atoms with E-state index < -0.39 is 22.2 Å². The van der Waals surface area contributed by atoms with Gasteiger partial charge in [0.05, 0.1) is 18.4 Å². The fourth-order valence-electron chi connectivity index (χ4n) is 2.26. The molecular weight excluding hydrogens is 299 g/mol. The second-order valence-corrected chi connectivity index (χ2v) is 6.91. The third kappa shape index (κ3) is 5.24. The predicted molar refractivity (Wildman–Crippen MR) is 76.1 cm³/mol. The van der Waals surface area contributed by atoms with Gasteiger partial charge in [-0.3, -0.25) is 4.90 Å². The van der Waals surface area contributed by atoms with Crippen molar-refractivity contribution in [2.24, 2.45) is 0 Å². The first-order chi connectivity index (χ1) is 9.83. The molecule has 6 nitrogen and oxygen atoms in total. The van der Waals surface area contributed by atoms with E-state index in [0.29, 0.717) is 32.0 Å². The van der Waals surface area contributed by atoms with Gasteiger partial charge >= 0.3 is 0 Å². The Morgan fingerprint density at radius 1 is 1.38 bits per heavy atom. The lowest BCUT2D eigenvalue weighted by Gasteiger charge is -2.16. The molecule has 1 fully saturated rings. The third-order valence-electron chi connectivity index (χ3n) is 3.22. The number of hydrogen-bond donors (Lipinski definition) is 2. The molecule has 1 aromatic rings. The summed E-state index contributed by atoms with van der Waals surface area (Å²) in [5.74, 6) is 0.252. The lowest BCUT2D eigenvalue weighted by molar-refractivity contribution is 0.156. The van der Waals surface area contributed by atoms with E-state index in [4.69, 9.17) is 4.74 Å². The molecule has 0 radical (unpaired) electrons. The molecule has 8 heteroatoms. The summed E-state index contributed by atoms with van der Waals surface area (Å²) in [6.07, 6.45) is 0.338. The van der Waals surface area contributed by atoms with Gasteiger partial charge in [-0.15, -0.1) is 0 Å². The number of aliphatic hydroxyl groups is 1. The molecule has 0 aromatic heterocycles. The number of likely N-dealkylation sites (tertiary alicyclic amines) is 1. The zero-order valence-electron chi connectivity index (χ0n) is 11.7. The minimum Gasteiger partial charge on any atom is -0.492 e. The van der Waals surface area contributed by atoms with Crippen LogP contribution in [0.15, 0.2) is 24.3 Å². The van der Waals surface area contributed by atoms with E-state index >= 15 is 0 Å². The van der Waals surface area contributed by atoms with Crippen molar-refractivity contribution in [2.75, 3.05) is 32.5 Å². The average Bonchev–Trinajstić information content (AvgIpc) is 2.70. The molecule has 1 aromatic carbocycles. The van der Waals surface area contributed by atoms with Gasteiger partial charge in [0.2, 0.25) is 10.0 Å². The highest BCUT2D eigenvalue weighted by atomic mass is 32.2. The lowest BCUT2D eigenvalue weighted by atomic mass is 10.2. The molecule has 1 aliphatic rings. The van der Waals surface area contributed by atoms with Crippen molar-refractivity contribution >= 4 is 10.0 Å². The Balaban J connectivity index is 1.76. The van der Waals surface area contributed by atoms with Gasteiger partial charge in [-0.2, -0.15) is 0 Å². The third-order valence-corrected chi connectivity index (χ3v) is 3.95. The summed E-state index contributed by atoms with van der Waals surface area (Å²) in [7, 11) is -3.33. The molecule has 0 aliphatic carbocycles. The predicted octanol–water partition coefficient (Wildman–Crippen LogP) is -0.201. The minimum absolute atomic E-state index is 0.320. The summed E-state index contributed by atoms with van der Waals surface area (Å²) in [5, 5.41) is 9.82. The van der Waals surface area contributed by atoms with E-state index in [1.54, 1.807) is 12.1 Å². The molecule has 1 aliphatic heterocycles. The number of sulfonamides is 1. The molecular formula is C13H19FN2O4S. The molecule has 0 bridgehead atoms. The number of ether oxygens (including phenoxy) is 1. The molecule has 0 spiro atoms. The van der Waals surface area contributed by atoms with Crippen LogP contribution in [0.2, 0.25) is 0 Å². The molecule has 118 valence electrons. The highest BCUT2D eigenvalue weighted by Gasteiger charge is 2.32. The van der Waals surface area contributed by atoms with Crippen molar-refractivity contribution < 1.29 is 22.7 Å². The van der Waals surface area contributed by atoms with Gasteiger partial charge in [0, 0.05) is 19.6 Å². The molecule has 2 N–H and O–H groups in total. The molecule has 0 saturated carbocycles. The first-order valence-corrected chi connectivity index (χ1v) is 8.49. The first kappa shape index (κ1) is 16.2. The zero-order valence-corrected chi connectivity index (χ0v) is 12.5.